The Kier molecular flexibility index (Phi) is 4.70. The maximum Gasteiger partial charge on any atom is 0.276 e. The van der Waals surface area contributed by atoms with Crippen molar-refractivity contribution in [2.75, 3.05) is 5.32 Å². The van der Waals surface area contributed by atoms with Crippen molar-refractivity contribution in [2.24, 2.45) is 0 Å². The van der Waals surface area contributed by atoms with E-state index in [9.17, 15) is 14.0 Å². The number of benzene rings is 2. The summed E-state index contributed by atoms with van der Waals surface area (Å²) in [6.45, 7) is 1.97. The van der Waals surface area contributed by atoms with Crippen LogP contribution in [0.4, 0.5) is 10.1 Å². The van der Waals surface area contributed by atoms with Crippen molar-refractivity contribution in [3.05, 3.63) is 93.7 Å². The van der Waals surface area contributed by atoms with E-state index in [1.807, 2.05) is 30.3 Å². The van der Waals surface area contributed by atoms with Crippen LogP contribution in [0.5, 0.6) is 0 Å². The highest BCUT2D eigenvalue weighted by molar-refractivity contribution is 6.03. The summed E-state index contributed by atoms with van der Waals surface area (Å²) in [7, 11) is 0. The predicted molar refractivity (Wildman–Crippen MR) is 93.1 cm³/mol. The molecule has 1 amide bonds. The van der Waals surface area contributed by atoms with Crippen molar-refractivity contribution >= 4 is 11.6 Å². The number of anilines is 1. The van der Waals surface area contributed by atoms with Gasteiger partial charge in [0.15, 0.2) is 0 Å². The third-order valence-electron chi connectivity index (χ3n) is 3.71. The maximum atomic E-state index is 13.1. The quantitative estimate of drug-likeness (QED) is 0.796. The minimum atomic E-state index is -0.462. The fraction of sp³-hybridized carbons (Fsp3) is 0.105. The first-order chi connectivity index (χ1) is 12.0. The number of aryl methyl sites for hydroxylation is 1. The van der Waals surface area contributed by atoms with E-state index in [4.69, 9.17) is 0 Å². The molecule has 126 valence electrons. The predicted octanol–water partition coefficient (Wildman–Crippen LogP) is 2.99. The number of nitrogens with one attached hydrogen (secondary N) is 1. The number of carbonyl (C=O) groups excluding carboxylic acids is 1. The van der Waals surface area contributed by atoms with Gasteiger partial charge in [-0.25, -0.2) is 9.07 Å². The largest absolute Gasteiger partial charge is 0.320 e. The van der Waals surface area contributed by atoms with E-state index in [0.717, 1.165) is 5.56 Å². The summed E-state index contributed by atoms with van der Waals surface area (Å²) in [6.07, 6.45) is 0. The highest BCUT2D eigenvalue weighted by Gasteiger charge is 2.12. The number of rotatable bonds is 4. The molecule has 5 nitrogen and oxygen atoms in total. The lowest BCUT2D eigenvalue weighted by atomic mass is 10.2. The second kappa shape index (κ2) is 7.09. The monoisotopic (exact) mass is 337 g/mol. The van der Waals surface area contributed by atoms with E-state index in [2.05, 4.69) is 10.4 Å². The molecule has 0 aliphatic heterocycles. The Bertz CT molecular complexity index is 968. The molecule has 0 bridgehead atoms. The second-order valence-corrected chi connectivity index (χ2v) is 5.61. The maximum absolute atomic E-state index is 13.1. The van der Waals surface area contributed by atoms with Gasteiger partial charge in [0.1, 0.15) is 11.5 Å². The molecule has 0 aliphatic carbocycles. The zero-order chi connectivity index (χ0) is 17.8. The first kappa shape index (κ1) is 16.6. The van der Waals surface area contributed by atoms with Gasteiger partial charge in [0, 0.05) is 11.8 Å². The molecule has 0 saturated heterocycles. The molecular formula is C19H16FN3O2. The lowest BCUT2D eigenvalue weighted by molar-refractivity contribution is 0.102. The van der Waals surface area contributed by atoms with Gasteiger partial charge in [-0.05, 0) is 42.3 Å². The van der Waals surface area contributed by atoms with Crippen LogP contribution in [0.1, 0.15) is 21.6 Å². The lowest BCUT2D eigenvalue weighted by Crippen LogP contribution is -2.26. The summed E-state index contributed by atoms with van der Waals surface area (Å²) >= 11 is 0. The number of amides is 1. The topological polar surface area (TPSA) is 64.0 Å². The number of hydrogen-bond donors (Lipinski definition) is 1. The van der Waals surface area contributed by atoms with E-state index in [1.165, 1.54) is 35.0 Å². The van der Waals surface area contributed by atoms with Gasteiger partial charge in [-0.2, -0.15) is 5.10 Å². The Morgan fingerprint density at radius 2 is 1.88 bits per heavy atom. The van der Waals surface area contributed by atoms with Gasteiger partial charge in [-0.15, -0.1) is 0 Å². The zero-order valence-corrected chi connectivity index (χ0v) is 13.6. The molecule has 3 aromatic rings. The SMILES string of the molecule is Cc1cc(F)ccc1NC(=O)c1ccc(=O)n(Cc2ccccc2)n1. The average molecular weight is 337 g/mol. The number of nitrogens with zero attached hydrogens (tertiary/aromatic N) is 2. The molecule has 0 spiro atoms. The van der Waals surface area contributed by atoms with Crippen molar-refractivity contribution in [1.29, 1.82) is 0 Å². The van der Waals surface area contributed by atoms with Crippen LogP contribution in [0.15, 0.2) is 65.5 Å². The molecule has 0 aliphatic rings. The summed E-state index contributed by atoms with van der Waals surface area (Å²) in [5.41, 5.74) is 1.82. The van der Waals surface area contributed by atoms with Gasteiger partial charge < -0.3 is 5.32 Å². The molecule has 1 aromatic heterocycles. The Balaban J connectivity index is 1.83. The molecule has 0 fully saturated rings. The molecule has 6 heteroatoms. The van der Waals surface area contributed by atoms with Gasteiger partial charge in [-0.1, -0.05) is 30.3 Å². The number of carbonyl (C=O) groups is 1. The zero-order valence-electron chi connectivity index (χ0n) is 13.6. The number of aromatic nitrogens is 2. The molecule has 0 radical (unpaired) electrons. The third-order valence-corrected chi connectivity index (χ3v) is 3.71. The van der Waals surface area contributed by atoms with Gasteiger partial charge in [0.2, 0.25) is 0 Å². The smallest absolute Gasteiger partial charge is 0.276 e. The summed E-state index contributed by atoms with van der Waals surface area (Å²) in [5.74, 6) is -0.832. The molecule has 1 heterocycles. The van der Waals surface area contributed by atoms with E-state index in [-0.39, 0.29) is 23.6 Å². The van der Waals surface area contributed by atoms with Crippen LogP contribution in [0.25, 0.3) is 0 Å². The van der Waals surface area contributed by atoms with Gasteiger partial charge >= 0.3 is 0 Å². The first-order valence-electron chi connectivity index (χ1n) is 7.72. The van der Waals surface area contributed by atoms with Crippen LogP contribution >= 0.6 is 0 Å². The Morgan fingerprint density at radius 1 is 1.12 bits per heavy atom. The molecule has 25 heavy (non-hydrogen) atoms. The molecule has 0 atom stereocenters. The fourth-order valence-electron chi connectivity index (χ4n) is 2.39. The van der Waals surface area contributed by atoms with Gasteiger partial charge in [0.25, 0.3) is 11.5 Å². The minimum absolute atomic E-state index is 0.110. The van der Waals surface area contributed by atoms with Crippen LogP contribution in [0.3, 0.4) is 0 Å². The van der Waals surface area contributed by atoms with E-state index < -0.39 is 5.91 Å². The van der Waals surface area contributed by atoms with E-state index >= 15 is 0 Å². The summed E-state index contributed by atoms with van der Waals surface area (Å²) < 4.78 is 14.4. The van der Waals surface area contributed by atoms with Crippen LogP contribution in [-0.2, 0) is 6.54 Å². The standard InChI is InChI=1S/C19H16FN3O2/c1-13-11-15(20)7-8-16(13)21-19(25)17-9-10-18(24)23(22-17)12-14-5-3-2-4-6-14/h2-11H,12H2,1H3,(H,21,25). The second-order valence-electron chi connectivity index (χ2n) is 5.61. The van der Waals surface area contributed by atoms with Crippen LogP contribution in [0, 0.1) is 12.7 Å². The fourth-order valence-corrected chi connectivity index (χ4v) is 2.39. The normalized spacial score (nSPS) is 10.5. The molecule has 2 aromatic carbocycles. The van der Waals surface area contributed by atoms with E-state index in [0.29, 0.717) is 11.3 Å². The van der Waals surface area contributed by atoms with Crippen LogP contribution < -0.4 is 10.9 Å². The highest BCUT2D eigenvalue weighted by Crippen LogP contribution is 2.16. The summed E-state index contributed by atoms with van der Waals surface area (Å²) in [4.78, 5) is 24.4. The van der Waals surface area contributed by atoms with E-state index in [1.54, 1.807) is 6.92 Å². The average Bonchev–Trinajstić information content (AvgIpc) is 2.60. The minimum Gasteiger partial charge on any atom is -0.320 e. The number of hydrogen-bond acceptors (Lipinski definition) is 3. The third kappa shape index (κ3) is 3.98. The first-order valence-corrected chi connectivity index (χ1v) is 7.72. The van der Waals surface area contributed by atoms with Crippen LogP contribution in [-0.4, -0.2) is 15.7 Å². The molecular weight excluding hydrogens is 321 g/mol. The Labute approximate surface area is 143 Å². The summed E-state index contributed by atoms with van der Waals surface area (Å²) in [6, 6.07) is 16.2. The van der Waals surface area contributed by atoms with Crippen molar-refractivity contribution in [1.82, 2.24) is 9.78 Å². The molecule has 1 N–H and O–H groups in total. The van der Waals surface area contributed by atoms with Gasteiger partial charge in [-0.3, -0.25) is 9.59 Å². The van der Waals surface area contributed by atoms with Crippen molar-refractivity contribution in [3.63, 3.8) is 0 Å². The number of halogens is 1. The van der Waals surface area contributed by atoms with Crippen molar-refractivity contribution in [3.8, 4) is 0 Å². The molecule has 3 rings (SSSR count). The van der Waals surface area contributed by atoms with Crippen molar-refractivity contribution < 1.29 is 9.18 Å². The molecule has 0 saturated carbocycles. The van der Waals surface area contributed by atoms with Crippen molar-refractivity contribution in [2.45, 2.75) is 13.5 Å². The lowest BCUT2D eigenvalue weighted by Gasteiger charge is -2.10. The van der Waals surface area contributed by atoms with Gasteiger partial charge in [0.05, 0.1) is 6.54 Å². The highest BCUT2D eigenvalue weighted by atomic mass is 19.1. The van der Waals surface area contributed by atoms with Crippen LogP contribution in [0.2, 0.25) is 0 Å². The Morgan fingerprint density at radius 3 is 2.60 bits per heavy atom. The summed E-state index contributed by atoms with van der Waals surface area (Å²) in [5, 5.41) is 6.81. The molecule has 0 unspecified atom stereocenters. The Hall–Kier alpha value is -3.28.